The summed E-state index contributed by atoms with van der Waals surface area (Å²) in [5.41, 5.74) is 0.556. The molecule has 2 atom stereocenters. The molecule has 0 amide bonds. The molecule has 0 spiro atoms. The Labute approximate surface area is 114 Å². The third kappa shape index (κ3) is 4.80. The molecular weight excluding hydrogens is 245 g/mol. The van der Waals surface area contributed by atoms with Gasteiger partial charge in [0.25, 0.3) is 0 Å². The zero-order chi connectivity index (χ0) is 14.4. The largest absolute Gasteiger partial charge is 0.508 e. The molecule has 0 fully saturated rings. The summed E-state index contributed by atoms with van der Waals surface area (Å²) in [6.45, 7) is 9.37. The van der Waals surface area contributed by atoms with Crippen LogP contribution in [0.15, 0.2) is 18.2 Å². The summed E-state index contributed by atoms with van der Waals surface area (Å²) < 4.78 is 19.2. The smallest absolute Gasteiger partial charge is 0.131 e. The van der Waals surface area contributed by atoms with Gasteiger partial charge in [0.2, 0.25) is 0 Å². The summed E-state index contributed by atoms with van der Waals surface area (Å²) in [7, 11) is 0. The van der Waals surface area contributed by atoms with Gasteiger partial charge in [-0.2, -0.15) is 0 Å². The Morgan fingerprint density at radius 3 is 2.53 bits per heavy atom. The van der Waals surface area contributed by atoms with Crippen molar-refractivity contribution in [3.8, 4) is 5.75 Å². The minimum atomic E-state index is -0.390. The number of aromatic hydroxyl groups is 1. The lowest BCUT2D eigenvalue weighted by Crippen LogP contribution is -2.39. The fourth-order valence-electron chi connectivity index (χ4n) is 1.96. The maximum Gasteiger partial charge on any atom is 0.131 e. The van der Waals surface area contributed by atoms with Gasteiger partial charge in [0.05, 0.1) is 6.61 Å². The standard InChI is InChI=1S/C15H24FNO2/c1-5-19-9-15(10(2)3)17-11(4)13-7-6-12(18)8-14(13)16/h6-8,10-11,15,17-18H,5,9H2,1-4H3. The molecule has 0 saturated heterocycles. The maximum absolute atomic E-state index is 13.8. The van der Waals surface area contributed by atoms with E-state index in [1.807, 2.05) is 13.8 Å². The van der Waals surface area contributed by atoms with Crippen LogP contribution >= 0.6 is 0 Å². The maximum atomic E-state index is 13.8. The molecule has 0 aromatic heterocycles. The Bertz CT molecular complexity index is 396. The number of hydrogen-bond acceptors (Lipinski definition) is 3. The number of ether oxygens (including phenoxy) is 1. The monoisotopic (exact) mass is 269 g/mol. The molecule has 0 saturated carbocycles. The van der Waals surface area contributed by atoms with E-state index in [9.17, 15) is 9.50 Å². The van der Waals surface area contributed by atoms with Gasteiger partial charge in [-0.15, -0.1) is 0 Å². The quantitative estimate of drug-likeness (QED) is 0.798. The second kappa shape index (κ2) is 7.46. The minimum absolute atomic E-state index is 0.0526. The van der Waals surface area contributed by atoms with E-state index >= 15 is 0 Å². The van der Waals surface area contributed by atoms with Gasteiger partial charge in [-0.1, -0.05) is 19.9 Å². The molecule has 108 valence electrons. The first-order valence-corrected chi connectivity index (χ1v) is 6.77. The molecule has 1 aromatic rings. The zero-order valence-corrected chi connectivity index (χ0v) is 12.1. The van der Waals surface area contributed by atoms with Crippen molar-refractivity contribution in [2.24, 2.45) is 5.92 Å². The second-order valence-electron chi connectivity index (χ2n) is 5.10. The van der Waals surface area contributed by atoms with Crippen molar-refractivity contribution >= 4 is 0 Å². The summed E-state index contributed by atoms with van der Waals surface area (Å²) in [6.07, 6.45) is 0. The van der Waals surface area contributed by atoms with E-state index in [1.165, 1.54) is 6.07 Å². The first-order chi connectivity index (χ1) is 8.95. The number of halogens is 1. The SMILES string of the molecule is CCOCC(NC(C)c1ccc(O)cc1F)C(C)C. The molecular formula is C15H24FNO2. The van der Waals surface area contributed by atoms with E-state index in [0.29, 0.717) is 24.7 Å². The van der Waals surface area contributed by atoms with Crippen LogP contribution in [-0.4, -0.2) is 24.4 Å². The lowest BCUT2D eigenvalue weighted by Gasteiger charge is -2.26. The van der Waals surface area contributed by atoms with Gasteiger partial charge in [0, 0.05) is 30.3 Å². The minimum Gasteiger partial charge on any atom is -0.508 e. The van der Waals surface area contributed by atoms with Gasteiger partial charge < -0.3 is 15.2 Å². The Kier molecular flexibility index (Phi) is 6.25. The van der Waals surface area contributed by atoms with Crippen LogP contribution in [0.25, 0.3) is 0 Å². The van der Waals surface area contributed by atoms with E-state index in [-0.39, 0.29) is 23.7 Å². The van der Waals surface area contributed by atoms with Gasteiger partial charge >= 0.3 is 0 Å². The van der Waals surface area contributed by atoms with E-state index < -0.39 is 0 Å². The topological polar surface area (TPSA) is 41.5 Å². The fourth-order valence-corrected chi connectivity index (χ4v) is 1.96. The average Bonchev–Trinajstić information content (AvgIpc) is 2.33. The highest BCUT2D eigenvalue weighted by atomic mass is 19.1. The third-order valence-electron chi connectivity index (χ3n) is 3.22. The highest BCUT2D eigenvalue weighted by molar-refractivity contribution is 5.29. The molecule has 1 aromatic carbocycles. The molecule has 0 heterocycles. The molecule has 0 aliphatic carbocycles. The Balaban J connectivity index is 2.72. The van der Waals surface area contributed by atoms with Crippen LogP contribution in [0.1, 0.15) is 39.3 Å². The molecule has 0 aliphatic rings. The first-order valence-electron chi connectivity index (χ1n) is 6.77. The van der Waals surface area contributed by atoms with E-state index in [0.717, 1.165) is 6.07 Å². The third-order valence-corrected chi connectivity index (χ3v) is 3.22. The second-order valence-corrected chi connectivity index (χ2v) is 5.10. The van der Waals surface area contributed by atoms with E-state index in [4.69, 9.17) is 4.74 Å². The van der Waals surface area contributed by atoms with Crippen molar-refractivity contribution in [1.29, 1.82) is 0 Å². The van der Waals surface area contributed by atoms with Crippen molar-refractivity contribution in [2.45, 2.75) is 39.8 Å². The van der Waals surface area contributed by atoms with Crippen molar-refractivity contribution in [3.63, 3.8) is 0 Å². The van der Waals surface area contributed by atoms with Crippen molar-refractivity contribution < 1.29 is 14.2 Å². The van der Waals surface area contributed by atoms with Crippen molar-refractivity contribution in [3.05, 3.63) is 29.6 Å². The fraction of sp³-hybridized carbons (Fsp3) is 0.600. The molecule has 4 heteroatoms. The summed E-state index contributed by atoms with van der Waals surface area (Å²) in [5, 5.41) is 12.6. The van der Waals surface area contributed by atoms with Gasteiger partial charge in [0.15, 0.2) is 0 Å². The number of hydrogen-bond donors (Lipinski definition) is 2. The highest BCUT2D eigenvalue weighted by Crippen LogP contribution is 2.22. The van der Waals surface area contributed by atoms with Crippen LogP contribution < -0.4 is 5.32 Å². The van der Waals surface area contributed by atoms with Gasteiger partial charge in [-0.25, -0.2) is 4.39 Å². The molecule has 2 N–H and O–H groups in total. The number of phenolic OH excluding ortho intramolecular Hbond substituents is 1. The Morgan fingerprint density at radius 2 is 2.00 bits per heavy atom. The number of nitrogens with one attached hydrogen (secondary N) is 1. The van der Waals surface area contributed by atoms with Gasteiger partial charge in [0.1, 0.15) is 11.6 Å². The highest BCUT2D eigenvalue weighted by Gasteiger charge is 2.19. The number of benzene rings is 1. The van der Waals surface area contributed by atoms with E-state index in [1.54, 1.807) is 6.07 Å². The normalized spacial score (nSPS) is 14.6. The molecule has 19 heavy (non-hydrogen) atoms. The molecule has 0 aliphatic heterocycles. The van der Waals surface area contributed by atoms with Crippen LogP contribution in [0.2, 0.25) is 0 Å². The van der Waals surface area contributed by atoms with Gasteiger partial charge in [-0.05, 0) is 25.8 Å². The molecule has 0 radical (unpaired) electrons. The summed E-state index contributed by atoms with van der Waals surface area (Å²) >= 11 is 0. The molecule has 0 bridgehead atoms. The van der Waals surface area contributed by atoms with Gasteiger partial charge in [-0.3, -0.25) is 0 Å². The Morgan fingerprint density at radius 1 is 1.32 bits per heavy atom. The molecule has 3 nitrogen and oxygen atoms in total. The lowest BCUT2D eigenvalue weighted by atomic mass is 10.0. The lowest BCUT2D eigenvalue weighted by molar-refractivity contribution is 0.104. The predicted molar refractivity (Wildman–Crippen MR) is 74.7 cm³/mol. The first kappa shape index (κ1) is 15.9. The van der Waals surface area contributed by atoms with Crippen LogP contribution in [-0.2, 0) is 4.74 Å². The summed E-state index contributed by atoms with van der Waals surface area (Å²) in [6, 6.07) is 4.29. The molecule has 2 unspecified atom stereocenters. The number of phenols is 1. The van der Waals surface area contributed by atoms with E-state index in [2.05, 4.69) is 19.2 Å². The van der Waals surface area contributed by atoms with Crippen molar-refractivity contribution in [1.82, 2.24) is 5.32 Å². The average molecular weight is 269 g/mol. The Hall–Kier alpha value is -1.13. The van der Waals surface area contributed by atoms with Crippen LogP contribution in [0.3, 0.4) is 0 Å². The van der Waals surface area contributed by atoms with Crippen LogP contribution in [0.4, 0.5) is 4.39 Å². The zero-order valence-electron chi connectivity index (χ0n) is 12.1. The van der Waals surface area contributed by atoms with Crippen molar-refractivity contribution in [2.75, 3.05) is 13.2 Å². The van der Waals surface area contributed by atoms with Crippen LogP contribution in [0, 0.1) is 11.7 Å². The summed E-state index contributed by atoms with van der Waals surface area (Å²) in [4.78, 5) is 0. The molecule has 1 rings (SSSR count). The summed E-state index contributed by atoms with van der Waals surface area (Å²) in [5.74, 6) is -0.0451. The predicted octanol–water partition coefficient (Wildman–Crippen LogP) is 3.24. The van der Waals surface area contributed by atoms with Crippen LogP contribution in [0.5, 0.6) is 5.75 Å². The number of rotatable bonds is 7.